The molecule has 0 saturated heterocycles. The van der Waals surface area contributed by atoms with Gasteiger partial charge in [-0.3, -0.25) is 4.79 Å². The van der Waals surface area contributed by atoms with E-state index < -0.39 is 0 Å². The number of nitrogens with one attached hydrogen (secondary N) is 2. The van der Waals surface area contributed by atoms with Crippen LogP contribution in [-0.4, -0.2) is 36.1 Å². The number of hydrogen-bond acceptors (Lipinski definition) is 7. The second-order valence-corrected chi connectivity index (χ2v) is 5.85. The van der Waals surface area contributed by atoms with Gasteiger partial charge >= 0.3 is 0 Å². The van der Waals surface area contributed by atoms with E-state index in [1.54, 1.807) is 49.6 Å². The van der Waals surface area contributed by atoms with Crippen LogP contribution in [0.3, 0.4) is 0 Å². The molecule has 0 aliphatic heterocycles. The van der Waals surface area contributed by atoms with Crippen molar-refractivity contribution in [2.45, 2.75) is 0 Å². The Kier molecular flexibility index (Phi) is 6.58. The number of nitriles is 1. The van der Waals surface area contributed by atoms with Crippen LogP contribution >= 0.6 is 0 Å². The number of benzene rings is 2. The molecular weight excluding hydrogens is 370 g/mol. The third kappa shape index (κ3) is 5.43. The van der Waals surface area contributed by atoms with E-state index in [9.17, 15) is 4.79 Å². The average Bonchev–Trinajstić information content (AvgIpc) is 2.78. The smallest absolute Gasteiger partial charge is 0.271 e. The zero-order valence-electron chi connectivity index (χ0n) is 15.8. The highest BCUT2D eigenvalue weighted by Gasteiger charge is 2.08. The van der Waals surface area contributed by atoms with Gasteiger partial charge in [0.25, 0.3) is 5.91 Å². The Labute approximate surface area is 168 Å². The van der Waals surface area contributed by atoms with Crippen LogP contribution in [0.5, 0.6) is 11.5 Å². The molecule has 146 valence electrons. The van der Waals surface area contributed by atoms with Crippen LogP contribution in [-0.2, 0) is 0 Å². The van der Waals surface area contributed by atoms with Crippen molar-refractivity contribution in [3.8, 4) is 17.6 Å². The molecule has 0 unspecified atom stereocenters. The summed E-state index contributed by atoms with van der Waals surface area (Å²) < 4.78 is 10.6. The van der Waals surface area contributed by atoms with E-state index in [1.807, 2.05) is 6.07 Å². The first-order chi connectivity index (χ1) is 14.2. The number of aromatic nitrogens is 2. The molecule has 0 aliphatic carbocycles. The molecule has 1 aromatic heterocycles. The number of methoxy groups -OCH3 is 1. The van der Waals surface area contributed by atoms with Crippen LogP contribution < -0.4 is 20.1 Å². The van der Waals surface area contributed by atoms with Crippen molar-refractivity contribution < 1.29 is 14.3 Å². The Morgan fingerprint density at radius 3 is 2.52 bits per heavy atom. The highest BCUT2D eigenvalue weighted by molar-refractivity contribution is 5.92. The van der Waals surface area contributed by atoms with Gasteiger partial charge in [0.15, 0.2) is 0 Å². The maximum atomic E-state index is 12.2. The minimum atomic E-state index is -0.347. The first-order valence-electron chi connectivity index (χ1n) is 8.83. The fraction of sp³-hybridized carbons (Fsp3) is 0.143. The molecular formula is C21H19N5O3. The van der Waals surface area contributed by atoms with E-state index in [1.165, 1.54) is 12.4 Å². The van der Waals surface area contributed by atoms with E-state index in [0.29, 0.717) is 36.0 Å². The van der Waals surface area contributed by atoms with E-state index in [2.05, 4.69) is 26.7 Å². The number of para-hydroxylation sites is 1. The summed E-state index contributed by atoms with van der Waals surface area (Å²) in [5.41, 5.74) is 1.30. The summed E-state index contributed by atoms with van der Waals surface area (Å²) in [4.78, 5) is 20.4. The quantitative estimate of drug-likeness (QED) is 0.570. The third-order valence-corrected chi connectivity index (χ3v) is 3.91. The molecule has 2 N–H and O–H groups in total. The van der Waals surface area contributed by atoms with Gasteiger partial charge in [0.2, 0.25) is 0 Å². The van der Waals surface area contributed by atoms with Gasteiger partial charge in [-0.25, -0.2) is 9.97 Å². The number of carbonyl (C=O) groups is 1. The fourth-order valence-electron chi connectivity index (χ4n) is 2.43. The summed E-state index contributed by atoms with van der Waals surface area (Å²) in [6.45, 7) is 0.637. The first kappa shape index (κ1) is 19.6. The second-order valence-electron chi connectivity index (χ2n) is 5.85. The van der Waals surface area contributed by atoms with Gasteiger partial charge in [-0.05, 0) is 36.4 Å². The topological polar surface area (TPSA) is 109 Å². The normalized spacial score (nSPS) is 9.93. The number of hydrogen-bond donors (Lipinski definition) is 2. The SMILES string of the molecule is COc1ccc(OCCNC(=O)c2cnc(Nc3ccccc3C#N)cn2)cc1. The van der Waals surface area contributed by atoms with Crippen molar-refractivity contribution in [3.05, 3.63) is 72.2 Å². The van der Waals surface area contributed by atoms with Crippen molar-refractivity contribution in [3.63, 3.8) is 0 Å². The number of nitrogens with zero attached hydrogens (tertiary/aromatic N) is 3. The molecule has 3 rings (SSSR count). The monoisotopic (exact) mass is 389 g/mol. The highest BCUT2D eigenvalue weighted by Crippen LogP contribution is 2.18. The van der Waals surface area contributed by atoms with Crippen molar-refractivity contribution in [1.82, 2.24) is 15.3 Å². The van der Waals surface area contributed by atoms with Gasteiger partial charge in [0, 0.05) is 0 Å². The molecule has 8 nitrogen and oxygen atoms in total. The van der Waals surface area contributed by atoms with E-state index in [0.717, 1.165) is 5.75 Å². The van der Waals surface area contributed by atoms with Gasteiger partial charge in [0.05, 0.1) is 37.3 Å². The van der Waals surface area contributed by atoms with Gasteiger partial charge in [-0.15, -0.1) is 0 Å². The highest BCUT2D eigenvalue weighted by atomic mass is 16.5. The molecule has 1 heterocycles. The van der Waals surface area contributed by atoms with Gasteiger partial charge in [-0.1, -0.05) is 12.1 Å². The number of amides is 1. The van der Waals surface area contributed by atoms with Crippen LogP contribution in [0, 0.1) is 11.3 Å². The van der Waals surface area contributed by atoms with Crippen molar-refractivity contribution in [2.24, 2.45) is 0 Å². The summed E-state index contributed by atoms with van der Waals surface area (Å²) in [6.07, 6.45) is 2.81. The lowest BCUT2D eigenvalue weighted by Crippen LogP contribution is -2.28. The number of ether oxygens (including phenoxy) is 2. The van der Waals surface area contributed by atoms with E-state index in [4.69, 9.17) is 14.7 Å². The lowest BCUT2D eigenvalue weighted by atomic mass is 10.2. The van der Waals surface area contributed by atoms with Gasteiger partial charge < -0.3 is 20.1 Å². The van der Waals surface area contributed by atoms with Gasteiger partial charge in [-0.2, -0.15) is 5.26 Å². The predicted molar refractivity (Wildman–Crippen MR) is 107 cm³/mol. The molecule has 1 amide bonds. The Morgan fingerprint density at radius 2 is 1.83 bits per heavy atom. The lowest BCUT2D eigenvalue weighted by Gasteiger charge is -2.09. The third-order valence-electron chi connectivity index (χ3n) is 3.91. The molecule has 0 bridgehead atoms. The summed E-state index contributed by atoms with van der Waals surface area (Å²) in [7, 11) is 1.60. The summed E-state index contributed by atoms with van der Waals surface area (Å²) >= 11 is 0. The van der Waals surface area contributed by atoms with Crippen LogP contribution in [0.25, 0.3) is 0 Å². The van der Waals surface area contributed by atoms with Crippen LogP contribution in [0.2, 0.25) is 0 Å². The van der Waals surface area contributed by atoms with Gasteiger partial charge in [0.1, 0.15) is 35.7 Å². The molecule has 0 aliphatic rings. The van der Waals surface area contributed by atoms with Crippen LogP contribution in [0.4, 0.5) is 11.5 Å². The Morgan fingerprint density at radius 1 is 1.07 bits per heavy atom. The fourth-order valence-corrected chi connectivity index (χ4v) is 2.43. The summed E-state index contributed by atoms with van der Waals surface area (Å²) in [6, 6.07) is 16.3. The number of rotatable bonds is 8. The largest absolute Gasteiger partial charge is 0.497 e. The zero-order valence-corrected chi connectivity index (χ0v) is 15.8. The maximum absolute atomic E-state index is 12.2. The Bertz CT molecular complexity index is 998. The second kappa shape index (κ2) is 9.71. The molecule has 0 radical (unpaired) electrons. The molecule has 0 atom stereocenters. The minimum Gasteiger partial charge on any atom is -0.497 e. The predicted octanol–water partition coefficient (Wildman–Crippen LogP) is 2.91. The molecule has 3 aromatic rings. The number of carbonyl (C=O) groups excluding carboxylic acids is 1. The minimum absolute atomic E-state index is 0.188. The first-order valence-corrected chi connectivity index (χ1v) is 8.83. The summed E-state index contributed by atoms with van der Waals surface area (Å²) in [5.74, 6) is 1.53. The molecule has 0 fully saturated rings. The van der Waals surface area contributed by atoms with Crippen LogP contribution in [0.1, 0.15) is 16.1 Å². The standard InChI is InChI=1S/C21H19N5O3/c1-28-16-6-8-17(9-7-16)29-11-10-23-21(27)19-13-25-20(14-24-19)26-18-5-3-2-4-15(18)12-22/h2-9,13-14H,10-11H2,1H3,(H,23,27)(H,25,26). The van der Waals surface area contributed by atoms with Crippen molar-refractivity contribution >= 4 is 17.4 Å². The Balaban J connectivity index is 1.48. The summed E-state index contributed by atoms with van der Waals surface area (Å²) in [5, 5.41) is 14.9. The van der Waals surface area contributed by atoms with Crippen LogP contribution in [0.15, 0.2) is 60.9 Å². The molecule has 0 saturated carbocycles. The Hall–Kier alpha value is -4.12. The number of anilines is 2. The molecule has 8 heteroatoms. The van der Waals surface area contributed by atoms with E-state index >= 15 is 0 Å². The molecule has 29 heavy (non-hydrogen) atoms. The van der Waals surface area contributed by atoms with Crippen molar-refractivity contribution in [2.75, 3.05) is 25.6 Å². The van der Waals surface area contributed by atoms with E-state index in [-0.39, 0.29) is 11.6 Å². The lowest BCUT2D eigenvalue weighted by molar-refractivity contribution is 0.0941. The molecule has 2 aromatic carbocycles. The zero-order chi connectivity index (χ0) is 20.5. The molecule has 0 spiro atoms. The van der Waals surface area contributed by atoms with Crippen molar-refractivity contribution in [1.29, 1.82) is 5.26 Å². The average molecular weight is 389 g/mol. The maximum Gasteiger partial charge on any atom is 0.271 e.